The molecule has 0 saturated carbocycles. The maximum absolute atomic E-state index is 12.2. The van der Waals surface area contributed by atoms with Gasteiger partial charge >= 0.3 is 5.97 Å². The van der Waals surface area contributed by atoms with Crippen LogP contribution >= 0.6 is 11.3 Å². The number of benzene rings is 1. The van der Waals surface area contributed by atoms with Crippen molar-refractivity contribution in [1.82, 2.24) is 0 Å². The normalized spacial score (nSPS) is 10.1. The van der Waals surface area contributed by atoms with E-state index in [1.54, 1.807) is 6.07 Å². The number of esters is 1. The lowest BCUT2D eigenvalue weighted by Crippen LogP contribution is -2.13. The second-order valence-electron chi connectivity index (χ2n) is 4.32. The Kier molecular flexibility index (Phi) is 4.52. The van der Waals surface area contributed by atoms with Gasteiger partial charge in [-0.15, -0.1) is 11.3 Å². The first-order valence-electron chi connectivity index (χ1n) is 6.17. The van der Waals surface area contributed by atoms with Crippen molar-refractivity contribution in [2.45, 2.75) is 6.92 Å². The number of nitro groups is 1. The van der Waals surface area contributed by atoms with E-state index in [9.17, 15) is 19.7 Å². The Morgan fingerprint density at radius 1 is 1.27 bits per heavy atom. The van der Waals surface area contributed by atoms with Crippen LogP contribution in [0, 0.1) is 17.0 Å². The maximum Gasteiger partial charge on any atom is 0.348 e. The largest absolute Gasteiger partial charge is 0.465 e. The molecule has 8 heteroatoms. The molecule has 2 rings (SSSR count). The Balaban J connectivity index is 2.23. The third-order valence-electron chi connectivity index (χ3n) is 2.98. The third-order valence-corrected chi connectivity index (χ3v) is 3.96. The second kappa shape index (κ2) is 6.35. The van der Waals surface area contributed by atoms with Crippen molar-refractivity contribution in [1.29, 1.82) is 0 Å². The monoisotopic (exact) mass is 320 g/mol. The lowest BCUT2D eigenvalue weighted by Gasteiger charge is -2.06. The second-order valence-corrected chi connectivity index (χ2v) is 5.40. The zero-order valence-electron chi connectivity index (χ0n) is 11.8. The highest BCUT2D eigenvalue weighted by molar-refractivity contribution is 7.18. The number of rotatable bonds is 4. The molecule has 1 amide bonds. The third kappa shape index (κ3) is 3.12. The molecular formula is C14H12N2O5S. The summed E-state index contributed by atoms with van der Waals surface area (Å²) in [6.07, 6.45) is 0. The van der Waals surface area contributed by atoms with E-state index in [0.29, 0.717) is 9.88 Å². The van der Waals surface area contributed by atoms with Gasteiger partial charge in [-0.3, -0.25) is 14.9 Å². The van der Waals surface area contributed by atoms with Gasteiger partial charge in [0.15, 0.2) is 0 Å². The molecule has 114 valence electrons. The number of nitrogens with one attached hydrogen (secondary N) is 1. The molecule has 0 aliphatic carbocycles. The van der Waals surface area contributed by atoms with E-state index < -0.39 is 16.8 Å². The predicted molar refractivity (Wildman–Crippen MR) is 81.4 cm³/mol. The summed E-state index contributed by atoms with van der Waals surface area (Å²) in [5.74, 6) is -0.962. The zero-order chi connectivity index (χ0) is 16.3. The number of nitro benzene ring substituents is 1. The van der Waals surface area contributed by atoms with Gasteiger partial charge in [0.2, 0.25) is 0 Å². The van der Waals surface area contributed by atoms with E-state index >= 15 is 0 Å². The smallest absolute Gasteiger partial charge is 0.348 e. The van der Waals surface area contributed by atoms with Gasteiger partial charge in [-0.2, -0.15) is 0 Å². The van der Waals surface area contributed by atoms with Gasteiger partial charge in [0, 0.05) is 17.2 Å². The summed E-state index contributed by atoms with van der Waals surface area (Å²) >= 11 is 1.06. The molecule has 1 aromatic carbocycles. The first-order chi connectivity index (χ1) is 10.4. The Morgan fingerprint density at radius 2 is 2.00 bits per heavy atom. The number of methoxy groups -OCH3 is 1. The molecule has 0 aliphatic rings. The van der Waals surface area contributed by atoms with Gasteiger partial charge in [0.25, 0.3) is 11.6 Å². The van der Waals surface area contributed by atoms with E-state index in [4.69, 9.17) is 0 Å². The number of anilines is 1. The predicted octanol–water partition coefficient (Wildman–Crippen LogP) is 3.00. The summed E-state index contributed by atoms with van der Waals surface area (Å²) in [6, 6.07) is 7.40. The van der Waals surface area contributed by atoms with Gasteiger partial charge in [0.1, 0.15) is 4.88 Å². The van der Waals surface area contributed by atoms with Crippen LogP contribution in [0.2, 0.25) is 0 Å². The summed E-state index contributed by atoms with van der Waals surface area (Å²) in [6.45, 7) is 1.52. The van der Waals surface area contributed by atoms with Crippen LogP contribution in [0.3, 0.4) is 0 Å². The van der Waals surface area contributed by atoms with E-state index in [-0.39, 0.29) is 16.8 Å². The summed E-state index contributed by atoms with van der Waals surface area (Å²) < 4.78 is 4.58. The molecule has 7 nitrogen and oxygen atoms in total. The molecule has 0 fully saturated rings. The Hall–Kier alpha value is -2.74. The van der Waals surface area contributed by atoms with Gasteiger partial charge in [0.05, 0.1) is 17.0 Å². The molecule has 1 heterocycles. The Morgan fingerprint density at radius 3 is 2.64 bits per heavy atom. The summed E-state index contributed by atoms with van der Waals surface area (Å²) in [4.78, 5) is 34.3. The van der Waals surface area contributed by atoms with Crippen molar-refractivity contribution in [3.05, 3.63) is 56.5 Å². The van der Waals surface area contributed by atoms with E-state index in [1.807, 2.05) is 0 Å². The summed E-state index contributed by atoms with van der Waals surface area (Å²) in [7, 11) is 1.27. The lowest BCUT2D eigenvalue weighted by atomic mass is 10.1. The molecule has 0 radical (unpaired) electrons. The maximum atomic E-state index is 12.2. The van der Waals surface area contributed by atoms with Crippen LogP contribution in [-0.2, 0) is 4.74 Å². The van der Waals surface area contributed by atoms with Crippen molar-refractivity contribution in [2.24, 2.45) is 0 Å². The number of nitrogens with zero attached hydrogens (tertiary/aromatic N) is 1. The number of ether oxygens (including phenoxy) is 1. The number of thiophene rings is 1. The fourth-order valence-corrected chi connectivity index (χ4v) is 2.68. The number of carbonyl (C=O) groups is 2. The highest BCUT2D eigenvalue weighted by Crippen LogP contribution is 2.25. The minimum absolute atomic E-state index is 0.117. The van der Waals surface area contributed by atoms with E-state index in [1.165, 1.54) is 38.3 Å². The van der Waals surface area contributed by atoms with E-state index in [0.717, 1.165) is 11.3 Å². The minimum Gasteiger partial charge on any atom is -0.465 e. The number of carbonyl (C=O) groups excluding carboxylic acids is 2. The average molecular weight is 320 g/mol. The molecule has 0 aliphatic heterocycles. The van der Waals surface area contributed by atoms with Gasteiger partial charge in [-0.1, -0.05) is 6.07 Å². The molecule has 0 atom stereocenters. The first-order valence-corrected chi connectivity index (χ1v) is 6.99. The van der Waals surface area contributed by atoms with Crippen LogP contribution in [0.4, 0.5) is 10.7 Å². The fraction of sp³-hybridized carbons (Fsp3) is 0.143. The fourth-order valence-electron chi connectivity index (χ4n) is 1.86. The topological polar surface area (TPSA) is 98.5 Å². The van der Waals surface area contributed by atoms with Crippen LogP contribution in [0.1, 0.15) is 25.6 Å². The number of hydrogen-bond acceptors (Lipinski definition) is 6. The summed E-state index contributed by atoms with van der Waals surface area (Å²) in [5.41, 5.74) is 0.381. The minimum atomic E-state index is -0.535. The number of amides is 1. The zero-order valence-corrected chi connectivity index (χ0v) is 12.6. The van der Waals surface area contributed by atoms with Gasteiger partial charge < -0.3 is 10.1 Å². The van der Waals surface area contributed by atoms with Crippen molar-refractivity contribution in [3.63, 3.8) is 0 Å². The van der Waals surface area contributed by atoms with Crippen LogP contribution in [0.25, 0.3) is 0 Å². The first kappa shape index (κ1) is 15.6. The molecular weight excluding hydrogens is 308 g/mol. The van der Waals surface area contributed by atoms with Crippen molar-refractivity contribution < 1.29 is 19.2 Å². The summed E-state index contributed by atoms with van der Waals surface area (Å²) in [5, 5.41) is 14.0. The molecule has 22 heavy (non-hydrogen) atoms. The Labute approximate surface area is 129 Å². The Bertz CT molecular complexity index is 753. The van der Waals surface area contributed by atoms with Crippen LogP contribution < -0.4 is 5.32 Å². The molecule has 1 N–H and O–H groups in total. The molecule has 0 unspecified atom stereocenters. The SMILES string of the molecule is COC(=O)c1ccc(NC(=O)c2cccc([N+](=O)[O-])c2C)s1. The molecule has 1 aromatic heterocycles. The molecule has 2 aromatic rings. The quantitative estimate of drug-likeness (QED) is 0.530. The van der Waals surface area contributed by atoms with Crippen molar-refractivity contribution in [3.8, 4) is 0 Å². The van der Waals surface area contributed by atoms with Crippen LogP contribution in [0.5, 0.6) is 0 Å². The van der Waals surface area contributed by atoms with E-state index in [2.05, 4.69) is 10.1 Å². The standard InChI is InChI=1S/C14H12N2O5S/c1-8-9(4-3-5-10(8)16(19)20)13(17)15-12-7-6-11(22-12)14(18)21-2/h3-7H,1-2H3,(H,15,17). The van der Waals surface area contributed by atoms with Crippen molar-refractivity contribution in [2.75, 3.05) is 12.4 Å². The molecule has 0 spiro atoms. The van der Waals surface area contributed by atoms with Crippen LogP contribution in [-0.4, -0.2) is 23.9 Å². The van der Waals surface area contributed by atoms with Crippen molar-refractivity contribution >= 4 is 33.9 Å². The van der Waals surface area contributed by atoms with Gasteiger partial charge in [-0.05, 0) is 25.1 Å². The lowest BCUT2D eigenvalue weighted by molar-refractivity contribution is -0.385. The highest BCUT2D eigenvalue weighted by Gasteiger charge is 2.19. The highest BCUT2D eigenvalue weighted by atomic mass is 32.1. The molecule has 0 bridgehead atoms. The molecule has 0 saturated heterocycles. The van der Waals surface area contributed by atoms with Crippen LogP contribution in [0.15, 0.2) is 30.3 Å². The van der Waals surface area contributed by atoms with Gasteiger partial charge in [-0.25, -0.2) is 4.79 Å². The number of hydrogen-bond donors (Lipinski definition) is 1. The average Bonchev–Trinajstić information content (AvgIpc) is 2.94.